The Bertz CT molecular complexity index is 976. The first-order valence-electron chi connectivity index (χ1n) is 9.32. The molecular weight excluding hydrogens is 401 g/mol. The van der Waals surface area contributed by atoms with Crippen LogP contribution in [0.3, 0.4) is 0 Å². The first kappa shape index (κ1) is 19.8. The van der Waals surface area contributed by atoms with Crippen LogP contribution in [0, 0.1) is 5.92 Å². The average Bonchev–Trinajstić information content (AvgIpc) is 3.12. The number of aromatic nitrogens is 1. The van der Waals surface area contributed by atoms with E-state index in [1.54, 1.807) is 0 Å². The Kier molecular flexibility index (Phi) is 5.31. The summed E-state index contributed by atoms with van der Waals surface area (Å²) in [7, 11) is 0. The third-order valence-electron chi connectivity index (χ3n) is 5.34. The fourth-order valence-corrected chi connectivity index (χ4v) is 4.91. The third-order valence-corrected chi connectivity index (χ3v) is 6.43. The number of carboxylic acids is 1. The van der Waals surface area contributed by atoms with Crippen molar-refractivity contribution in [2.24, 2.45) is 5.92 Å². The summed E-state index contributed by atoms with van der Waals surface area (Å²) in [5.41, 5.74) is 0.893. The van der Waals surface area contributed by atoms with E-state index in [9.17, 15) is 23.1 Å². The molecule has 1 saturated heterocycles. The number of rotatable bonds is 4. The number of nitrogens with zero attached hydrogens (tertiary/aromatic N) is 2. The summed E-state index contributed by atoms with van der Waals surface area (Å²) in [4.78, 5) is 18.1. The second kappa shape index (κ2) is 7.76. The predicted octanol–water partition coefficient (Wildman–Crippen LogP) is 5.20. The second-order valence-electron chi connectivity index (χ2n) is 7.19. The molecule has 8 heteroatoms. The van der Waals surface area contributed by atoms with Crippen LogP contribution in [-0.2, 0) is 11.0 Å². The maximum absolute atomic E-state index is 13.0. The highest BCUT2D eigenvalue weighted by Crippen LogP contribution is 2.38. The van der Waals surface area contributed by atoms with Crippen molar-refractivity contribution >= 4 is 27.5 Å². The van der Waals surface area contributed by atoms with Gasteiger partial charge in [0.2, 0.25) is 0 Å². The van der Waals surface area contributed by atoms with Crippen LogP contribution in [0.25, 0.3) is 10.2 Å². The summed E-state index contributed by atoms with van der Waals surface area (Å²) in [5.74, 6) is -1.18. The molecule has 1 atom stereocenters. The molecule has 0 amide bonds. The lowest BCUT2D eigenvalue weighted by molar-refractivity contribution is -0.143. The summed E-state index contributed by atoms with van der Waals surface area (Å²) in [6.45, 7) is 1.11. The van der Waals surface area contributed by atoms with E-state index in [2.05, 4.69) is 4.90 Å². The minimum atomic E-state index is -4.39. The van der Waals surface area contributed by atoms with Crippen LogP contribution in [0.15, 0.2) is 48.5 Å². The van der Waals surface area contributed by atoms with Gasteiger partial charge in [0.1, 0.15) is 5.01 Å². The SMILES string of the molecule is O=C(O)C1CCN(C(c2ccc(C(F)(F)F)cc2)c2nc3ccccc3s2)CC1. The number of para-hydroxylation sites is 1. The van der Waals surface area contributed by atoms with E-state index >= 15 is 0 Å². The monoisotopic (exact) mass is 420 g/mol. The van der Waals surface area contributed by atoms with Crippen molar-refractivity contribution in [1.29, 1.82) is 0 Å². The van der Waals surface area contributed by atoms with Gasteiger partial charge in [-0.25, -0.2) is 4.98 Å². The highest BCUT2D eigenvalue weighted by Gasteiger charge is 2.33. The molecule has 1 unspecified atom stereocenters. The summed E-state index contributed by atoms with van der Waals surface area (Å²) in [5, 5.41) is 10.1. The van der Waals surface area contributed by atoms with Gasteiger partial charge in [-0.2, -0.15) is 13.2 Å². The first-order valence-corrected chi connectivity index (χ1v) is 10.1. The summed E-state index contributed by atoms with van der Waals surface area (Å²) < 4.78 is 40.0. The molecule has 1 aliphatic heterocycles. The van der Waals surface area contributed by atoms with Gasteiger partial charge in [0.05, 0.1) is 27.7 Å². The van der Waals surface area contributed by atoms with Crippen LogP contribution < -0.4 is 0 Å². The van der Waals surface area contributed by atoms with Gasteiger partial charge in [0.15, 0.2) is 0 Å². The Hall–Kier alpha value is -2.45. The van der Waals surface area contributed by atoms with E-state index in [1.165, 1.54) is 23.5 Å². The number of benzene rings is 2. The molecule has 1 aliphatic rings. The maximum Gasteiger partial charge on any atom is 0.416 e. The number of thiazole rings is 1. The van der Waals surface area contributed by atoms with Crippen LogP contribution in [0.4, 0.5) is 13.2 Å². The molecule has 0 spiro atoms. The zero-order valence-corrected chi connectivity index (χ0v) is 16.2. The number of likely N-dealkylation sites (tertiary alicyclic amines) is 1. The Labute approximate surface area is 169 Å². The molecule has 1 fully saturated rings. The van der Waals surface area contributed by atoms with Crippen molar-refractivity contribution in [1.82, 2.24) is 9.88 Å². The van der Waals surface area contributed by atoms with Crippen LogP contribution in [0.5, 0.6) is 0 Å². The van der Waals surface area contributed by atoms with Gasteiger partial charge >= 0.3 is 12.1 Å². The van der Waals surface area contributed by atoms with Crippen molar-refractivity contribution in [2.45, 2.75) is 25.1 Å². The molecule has 1 aromatic heterocycles. The van der Waals surface area contributed by atoms with Crippen LogP contribution in [0.1, 0.15) is 35.0 Å². The van der Waals surface area contributed by atoms with Crippen molar-refractivity contribution in [3.05, 3.63) is 64.7 Å². The molecule has 1 N–H and O–H groups in total. The zero-order chi connectivity index (χ0) is 20.6. The molecule has 2 heterocycles. The van der Waals surface area contributed by atoms with Gasteiger partial charge in [0, 0.05) is 0 Å². The summed E-state index contributed by atoms with van der Waals surface area (Å²) >= 11 is 1.52. The number of halogens is 3. The van der Waals surface area contributed by atoms with E-state index in [1.807, 2.05) is 24.3 Å². The molecule has 0 saturated carbocycles. The highest BCUT2D eigenvalue weighted by atomic mass is 32.1. The van der Waals surface area contributed by atoms with Gasteiger partial charge in [0.25, 0.3) is 0 Å². The summed E-state index contributed by atoms with van der Waals surface area (Å²) in [6.07, 6.45) is -3.36. The number of hydrogen-bond donors (Lipinski definition) is 1. The molecular formula is C21H19F3N2O2S. The minimum Gasteiger partial charge on any atom is -0.481 e. The lowest BCUT2D eigenvalue weighted by atomic mass is 9.94. The number of carbonyl (C=O) groups is 1. The van der Waals surface area contributed by atoms with E-state index in [-0.39, 0.29) is 12.0 Å². The van der Waals surface area contributed by atoms with Crippen LogP contribution in [0.2, 0.25) is 0 Å². The van der Waals surface area contributed by atoms with E-state index in [0.29, 0.717) is 25.9 Å². The molecule has 4 rings (SSSR count). The number of alkyl halides is 3. The standard InChI is InChI=1S/C21H19F3N2O2S/c22-21(23,24)15-7-5-13(6-8-15)18(26-11-9-14(10-12-26)20(27)28)19-25-16-3-1-2-4-17(16)29-19/h1-8,14,18H,9-12H2,(H,27,28). The van der Waals surface area contributed by atoms with Crippen molar-refractivity contribution in [3.8, 4) is 0 Å². The van der Waals surface area contributed by atoms with Crippen molar-refractivity contribution < 1.29 is 23.1 Å². The number of carboxylic acid groups (broad SMARTS) is 1. The summed E-state index contributed by atoms with van der Waals surface area (Å²) in [6, 6.07) is 12.6. The molecule has 3 aromatic rings. The van der Waals surface area contributed by atoms with Crippen molar-refractivity contribution in [3.63, 3.8) is 0 Å². The Balaban J connectivity index is 1.70. The third kappa shape index (κ3) is 4.13. The van der Waals surface area contributed by atoms with Gasteiger partial charge in [-0.15, -0.1) is 11.3 Å². The number of fused-ring (bicyclic) bond motifs is 1. The molecule has 29 heavy (non-hydrogen) atoms. The maximum atomic E-state index is 13.0. The Morgan fingerprint density at radius 3 is 2.34 bits per heavy atom. The lowest BCUT2D eigenvalue weighted by Crippen LogP contribution is -2.39. The van der Waals surface area contributed by atoms with Crippen LogP contribution >= 0.6 is 11.3 Å². The van der Waals surface area contributed by atoms with Crippen LogP contribution in [-0.4, -0.2) is 34.0 Å². The topological polar surface area (TPSA) is 53.4 Å². The number of piperidine rings is 1. The largest absolute Gasteiger partial charge is 0.481 e. The zero-order valence-electron chi connectivity index (χ0n) is 15.4. The Morgan fingerprint density at radius 1 is 1.10 bits per heavy atom. The number of aliphatic carboxylic acids is 1. The van der Waals surface area contributed by atoms with Gasteiger partial charge in [-0.05, 0) is 55.8 Å². The van der Waals surface area contributed by atoms with Gasteiger partial charge in [-0.1, -0.05) is 24.3 Å². The van der Waals surface area contributed by atoms with Gasteiger partial charge < -0.3 is 5.11 Å². The van der Waals surface area contributed by atoms with Gasteiger partial charge in [-0.3, -0.25) is 9.69 Å². The lowest BCUT2D eigenvalue weighted by Gasteiger charge is -2.35. The van der Waals surface area contributed by atoms with E-state index in [0.717, 1.165) is 32.9 Å². The highest BCUT2D eigenvalue weighted by molar-refractivity contribution is 7.18. The van der Waals surface area contributed by atoms with Crippen molar-refractivity contribution in [2.75, 3.05) is 13.1 Å². The normalized spacial score (nSPS) is 17.5. The molecule has 2 aromatic carbocycles. The quantitative estimate of drug-likeness (QED) is 0.630. The second-order valence-corrected chi connectivity index (χ2v) is 8.25. The Morgan fingerprint density at radius 2 is 1.76 bits per heavy atom. The van der Waals surface area contributed by atoms with E-state index in [4.69, 9.17) is 4.98 Å². The fourth-order valence-electron chi connectivity index (χ4n) is 3.78. The number of hydrogen-bond acceptors (Lipinski definition) is 4. The molecule has 4 nitrogen and oxygen atoms in total. The predicted molar refractivity (Wildman–Crippen MR) is 105 cm³/mol. The smallest absolute Gasteiger partial charge is 0.416 e. The molecule has 0 radical (unpaired) electrons. The van der Waals surface area contributed by atoms with E-state index < -0.39 is 17.7 Å². The molecule has 152 valence electrons. The minimum absolute atomic E-state index is 0.301. The fraction of sp³-hybridized carbons (Fsp3) is 0.333. The average molecular weight is 420 g/mol. The molecule has 0 aliphatic carbocycles. The first-order chi connectivity index (χ1) is 13.8. The molecule has 0 bridgehead atoms.